The summed E-state index contributed by atoms with van der Waals surface area (Å²) in [5.41, 5.74) is 0.204. The highest BCUT2D eigenvalue weighted by Gasteiger charge is 2.30. The topological polar surface area (TPSA) is 78.4 Å². The van der Waals surface area contributed by atoms with E-state index in [1.807, 2.05) is 0 Å². The van der Waals surface area contributed by atoms with Gasteiger partial charge in [-0.3, -0.25) is 0 Å². The lowest BCUT2D eigenvalue weighted by Crippen LogP contribution is -2.33. The van der Waals surface area contributed by atoms with Crippen LogP contribution in [0.1, 0.15) is 32.6 Å². The monoisotopic (exact) mass is 298 g/mol. The van der Waals surface area contributed by atoms with Crippen LogP contribution in [0.15, 0.2) is 29.2 Å². The van der Waals surface area contributed by atoms with Crippen molar-refractivity contribution in [3.8, 4) is 0 Å². The van der Waals surface area contributed by atoms with Crippen molar-refractivity contribution >= 4 is 15.7 Å². The molecule has 0 aromatic heterocycles. The molecule has 0 radical (unpaired) electrons. The second-order valence-corrected chi connectivity index (χ2v) is 7.08. The fraction of sp³-hybridized carbons (Fsp3) is 0.571. The Hall–Kier alpha value is -1.11. The number of rotatable bonds is 6. The van der Waals surface area contributed by atoms with Gasteiger partial charge in [0.1, 0.15) is 0 Å². The zero-order chi connectivity index (χ0) is 14.6. The molecule has 6 heteroatoms. The Bertz CT molecular complexity index is 534. The van der Waals surface area contributed by atoms with Crippen LogP contribution in [0.4, 0.5) is 5.69 Å². The number of hydrogen-bond acceptors (Lipinski definition) is 4. The van der Waals surface area contributed by atoms with Crippen molar-refractivity contribution < 1.29 is 13.5 Å². The van der Waals surface area contributed by atoms with E-state index >= 15 is 0 Å². The van der Waals surface area contributed by atoms with Gasteiger partial charge in [-0.05, 0) is 37.1 Å². The molecular weight excluding hydrogens is 276 g/mol. The van der Waals surface area contributed by atoms with Crippen molar-refractivity contribution in [2.45, 2.75) is 43.1 Å². The van der Waals surface area contributed by atoms with E-state index in [0.717, 1.165) is 31.4 Å². The maximum atomic E-state index is 11.8. The minimum absolute atomic E-state index is 0.254. The van der Waals surface area contributed by atoms with Crippen LogP contribution < -0.4 is 10.0 Å². The lowest BCUT2D eigenvalue weighted by Gasteiger charge is -2.23. The number of anilines is 1. The zero-order valence-electron chi connectivity index (χ0n) is 11.7. The molecule has 0 aliphatic heterocycles. The number of aliphatic hydroxyl groups is 1. The van der Waals surface area contributed by atoms with E-state index in [0.29, 0.717) is 13.1 Å². The molecule has 3 N–H and O–H groups in total. The van der Waals surface area contributed by atoms with Crippen molar-refractivity contribution in [3.05, 3.63) is 24.3 Å². The van der Waals surface area contributed by atoms with E-state index in [1.54, 1.807) is 31.2 Å². The Morgan fingerprint density at radius 2 is 1.80 bits per heavy atom. The van der Waals surface area contributed by atoms with Crippen LogP contribution in [0, 0.1) is 0 Å². The number of benzene rings is 1. The predicted molar refractivity (Wildman–Crippen MR) is 79.2 cm³/mol. The smallest absolute Gasteiger partial charge is 0.240 e. The van der Waals surface area contributed by atoms with Gasteiger partial charge in [0.2, 0.25) is 10.0 Å². The normalized spacial score (nSPS) is 18.1. The summed E-state index contributed by atoms with van der Waals surface area (Å²) >= 11 is 0. The second kappa shape index (κ2) is 6.11. The van der Waals surface area contributed by atoms with Gasteiger partial charge in [0.15, 0.2) is 0 Å². The van der Waals surface area contributed by atoms with E-state index in [1.165, 1.54) is 0 Å². The molecule has 20 heavy (non-hydrogen) atoms. The van der Waals surface area contributed by atoms with Gasteiger partial charge in [0.25, 0.3) is 0 Å². The molecule has 5 nitrogen and oxygen atoms in total. The highest BCUT2D eigenvalue weighted by molar-refractivity contribution is 7.89. The quantitative estimate of drug-likeness (QED) is 0.747. The third kappa shape index (κ3) is 3.71. The van der Waals surface area contributed by atoms with Gasteiger partial charge in [-0.1, -0.05) is 19.8 Å². The molecule has 0 atom stereocenters. The molecule has 112 valence electrons. The van der Waals surface area contributed by atoms with Crippen molar-refractivity contribution in [1.29, 1.82) is 0 Å². The minimum Gasteiger partial charge on any atom is -0.388 e. The van der Waals surface area contributed by atoms with Crippen LogP contribution in [0.25, 0.3) is 0 Å². The lowest BCUT2D eigenvalue weighted by atomic mass is 10.0. The Morgan fingerprint density at radius 1 is 1.20 bits per heavy atom. The van der Waals surface area contributed by atoms with Crippen molar-refractivity contribution in [2.75, 3.05) is 18.4 Å². The molecular formula is C14H22N2O3S. The third-order valence-electron chi connectivity index (χ3n) is 3.65. The van der Waals surface area contributed by atoms with Crippen molar-refractivity contribution in [1.82, 2.24) is 4.72 Å². The summed E-state index contributed by atoms with van der Waals surface area (Å²) in [6.45, 7) is 2.62. The van der Waals surface area contributed by atoms with Gasteiger partial charge in [0.05, 0.1) is 10.5 Å². The molecule has 1 aliphatic carbocycles. The van der Waals surface area contributed by atoms with Crippen LogP contribution in [-0.4, -0.2) is 32.2 Å². The molecule has 2 rings (SSSR count). The van der Waals surface area contributed by atoms with Crippen molar-refractivity contribution in [2.24, 2.45) is 0 Å². The van der Waals surface area contributed by atoms with E-state index < -0.39 is 15.6 Å². The SMILES string of the molecule is CCNS(=O)(=O)c1ccc(NCC2(O)CCCC2)cc1. The van der Waals surface area contributed by atoms with Crippen LogP contribution >= 0.6 is 0 Å². The molecule has 0 bridgehead atoms. The number of sulfonamides is 1. The largest absolute Gasteiger partial charge is 0.388 e. The van der Waals surface area contributed by atoms with Gasteiger partial charge in [0, 0.05) is 18.8 Å². The number of hydrogen-bond donors (Lipinski definition) is 3. The molecule has 0 heterocycles. The first-order chi connectivity index (χ1) is 9.45. The maximum Gasteiger partial charge on any atom is 0.240 e. The van der Waals surface area contributed by atoms with E-state index in [-0.39, 0.29) is 4.90 Å². The van der Waals surface area contributed by atoms with Crippen LogP contribution in [0.5, 0.6) is 0 Å². The molecule has 1 aromatic rings. The first-order valence-electron chi connectivity index (χ1n) is 7.01. The van der Waals surface area contributed by atoms with Gasteiger partial charge in [-0.2, -0.15) is 0 Å². The summed E-state index contributed by atoms with van der Waals surface area (Å²) in [6.07, 6.45) is 3.79. The number of nitrogens with one attached hydrogen (secondary N) is 2. The summed E-state index contributed by atoms with van der Waals surface area (Å²) in [4.78, 5) is 0.254. The van der Waals surface area contributed by atoms with Gasteiger partial charge >= 0.3 is 0 Å². The highest BCUT2D eigenvalue weighted by Crippen LogP contribution is 2.29. The molecule has 1 aliphatic rings. The summed E-state index contributed by atoms with van der Waals surface area (Å²) in [5.74, 6) is 0. The van der Waals surface area contributed by atoms with Gasteiger partial charge in [-0.15, -0.1) is 0 Å². The molecule has 0 saturated heterocycles. The predicted octanol–water partition coefficient (Wildman–Crippen LogP) is 1.70. The molecule has 1 saturated carbocycles. The highest BCUT2D eigenvalue weighted by atomic mass is 32.2. The van der Waals surface area contributed by atoms with Crippen LogP contribution in [0.3, 0.4) is 0 Å². The van der Waals surface area contributed by atoms with Crippen LogP contribution in [0.2, 0.25) is 0 Å². The summed E-state index contributed by atoms with van der Waals surface area (Å²) in [5, 5.41) is 13.4. The maximum absolute atomic E-state index is 11.8. The molecule has 0 amide bonds. The molecule has 1 fully saturated rings. The molecule has 1 aromatic carbocycles. The Kier molecular flexibility index (Phi) is 4.67. The minimum atomic E-state index is -3.40. The summed E-state index contributed by atoms with van der Waals surface area (Å²) in [6, 6.07) is 6.59. The molecule has 0 unspecified atom stereocenters. The van der Waals surface area contributed by atoms with E-state index in [9.17, 15) is 13.5 Å². The standard InChI is InChI=1S/C14H22N2O3S/c1-2-16-20(18,19)13-7-5-12(6-8-13)15-11-14(17)9-3-4-10-14/h5-8,15-17H,2-4,9-11H2,1H3. The Labute approximate surface area is 120 Å². The average Bonchev–Trinajstić information content (AvgIpc) is 2.84. The summed E-state index contributed by atoms with van der Waals surface area (Å²) < 4.78 is 26.0. The molecule has 0 spiro atoms. The first kappa shape index (κ1) is 15.3. The van der Waals surface area contributed by atoms with Crippen LogP contribution in [-0.2, 0) is 10.0 Å². The Morgan fingerprint density at radius 3 is 2.35 bits per heavy atom. The third-order valence-corrected chi connectivity index (χ3v) is 5.22. The van der Waals surface area contributed by atoms with E-state index in [4.69, 9.17) is 0 Å². The second-order valence-electron chi connectivity index (χ2n) is 5.31. The van der Waals surface area contributed by atoms with E-state index in [2.05, 4.69) is 10.0 Å². The first-order valence-corrected chi connectivity index (χ1v) is 8.49. The average molecular weight is 298 g/mol. The fourth-order valence-corrected chi connectivity index (χ4v) is 3.54. The fourth-order valence-electron chi connectivity index (χ4n) is 2.50. The van der Waals surface area contributed by atoms with Gasteiger partial charge < -0.3 is 10.4 Å². The summed E-state index contributed by atoms with van der Waals surface area (Å²) in [7, 11) is -3.40. The lowest BCUT2D eigenvalue weighted by molar-refractivity contribution is 0.0615. The zero-order valence-corrected chi connectivity index (χ0v) is 12.5. The van der Waals surface area contributed by atoms with Gasteiger partial charge in [-0.25, -0.2) is 13.1 Å². The Balaban J connectivity index is 1.98. The van der Waals surface area contributed by atoms with Crippen molar-refractivity contribution in [3.63, 3.8) is 0 Å².